The number of Topliss-reactive ketones (excluding diaryl/α,β-unsaturated/α-hetero) is 1. The zero-order valence-electron chi connectivity index (χ0n) is 12.4. The highest BCUT2D eigenvalue weighted by Crippen LogP contribution is 2.07. The molecule has 1 aromatic rings. The van der Waals surface area contributed by atoms with Gasteiger partial charge in [0.25, 0.3) is 0 Å². The molecule has 0 aliphatic heterocycles. The number of carboxylic acids is 1. The second-order valence-corrected chi connectivity index (χ2v) is 4.98. The average molecular weight is 304 g/mol. The highest BCUT2D eigenvalue weighted by Gasteiger charge is 2.13. The number of rotatable bonds is 10. The number of carbonyl (C=O) groups excluding carboxylic acids is 2. The minimum atomic E-state index is -1.16. The lowest BCUT2D eigenvalue weighted by molar-refractivity contribution is -0.145. The van der Waals surface area contributed by atoms with Gasteiger partial charge in [-0.25, -0.2) is 4.79 Å². The molecule has 1 N–H and O–H groups in total. The summed E-state index contributed by atoms with van der Waals surface area (Å²) in [4.78, 5) is 33.3. The molecule has 0 amide bonds. The maximum Gasteiger partial charge on any atom is 0.334 e. The number of unbranched alkanes of at least 4 members (excludes halogenated alkanes) is 1. The molecule has 0 radical (unpaired) electrons. The standard InChI is InChI=1S/C17H20O5/c1-13(11-16(19)20)17(21)22-12-15(18)10-6-5-9-14-7-3-2-4-8-14/h2-4,7-8H,1,5-6,9-12H2,(H,19,20). The van der Waals surface area contributed by atoms with Gasteiger partial charge in [-0.2, -0.15) is 0 Å². The fraction of sp³-hybridized carbons (Fsp3) is 0.353. The second-order valence-electron chi connectivity index (χ2n) is 4.98. The number of hydrogen-bond acceptors (Lipinski definition) is 4. The Morgan fingerprint density at radius 3 is 2.41 bits per heavy atom. The van der Waals surface area contributed by atoms with Gasteiger partial charge in [-0.1, -0.05) is 36.9 Å². The molecule has 0 saturated heterocycles. The molecular formula is C17H20O5. The first-order valence-electron chi connectivity index (χ1n) is 7.11. The van der Waals surface area contributed by atoms with Crippen molar-refractivity contribution in [1.29, 1.82) is 0 Å². The molecular weight excluding hydrogens is 284 g/mol. The Hall–Kier alpha value is -2.43. The molecule has 1 rings (SSSR count). The summed E-state index contributed by atoms with van der Waals surface area (Å²) >= 11 is 0. The van der Waals surface area contributed by atoms with Crippen molar-refractivity contribution in [2.75, 3.05) is 6.61 Å². The summed E-state index contributed by atoms with van der Waals surface area (Å²) in [6.07, 6.45) is 2.37. The van der Waals surface area contributed by atoms with Crippen LogP contribution in [0.1, 0.15) is 31.2 Å². The number of ether oxygens (including phenoxy) is 1. The predicted molar refractivity (Wildman–Crippen MR) is 81.4 cm³/mol. The normalized spacial score (nSPS) is 10.0. The van der Waals surface area contributed by atoms with Gasteiger partial charge < -0.3 is 9.84 Å². The van der Waals surface area contributed by atoms with Crippen molar-refractivity contribution < 1.29 is 24.2 Å². The fourth-order valence-electron chi connectivity index (χ4n) is 1.87. The van der Waals surface area contributed by atoms with E-state index in [9.17, 15) is 14.4 Å². The third-order valence-corrected chi connectivity index (χ3v) is 3.03. The molecule has 0 spiro atoms. The summed E-state index contributed by atoms with van der Waals surface area (Å²) in [5.74, 6) is -2.17. The monoisotopic (exact) mass is 304 g/mol. The number of esters is 1. The summed E-state index contributed by atoms with van der Waals surface area (Å²) in [7, 11) is 0. The van der Waals surface area contributed by atoms with Gasteiger partial charge in [-0.05, 0) is 24.8 Å². The predicted octanol–water partition coefficient (Wildman–Crippen LogP) is 2.54. The Bertz CT molecular complexity index is 533. The molecule has 22 heavy (non-hydrogen) atoms. The lowest BCUT2D eigenvalue weighted by Gasteiger charge is -2.05. The third-order valence-electron chi connectivity index (χ3n) is 3.03. The van der Waals surface area contributed by atoms with Crippen LogP contribution in [-0.2, 0) is 25.5 Å². The van der Waals surface area contributed by atoms with Gasteiger partial charge in [0.05, 0.1) is 6.42 Å². The lowest BCUT2D eigenvalue weighted by atomic mass is 10.1. The number of carboxylic acid groups (broad SMARTS) is 1. The first kappa shape index (κ1) is 17.6. The van der Waals surface area contributed by atoms with Gasteiger partial charge in [-0.3, -0.25) is 9.59 Å². The molecule has 0 saturated carbocycles. The van der Waals surface area contributed by atoms with Crippen LogP contribution in [0.3, 0.4) is 0 Å². The van der Waals surface area contributed by atoms with Crippen molar-refractivity contribution in [3.8, 4) is 0 Å². The summed E-state index contributed by atoms with van der Waals surface area (Å²) in [6.45, 7) is 2.98. The van der Waals surface area contributed by atoms with Crippen molar-refractivity contribution in [3.63, 3.8) is 0 Å². The van der Waals surface area contributed by atoms with Gasteiger partial charge in [0.2, 0.25) is 0 Å². The molecule has 0 heterocycles. The number of carbonyl (C=O) groups is 3. The number of ketones is 1. The second kappa shape index (κ2) is 9.50. The van der Waals surface area contributed by atoms with Crippen LogP contribution < -0.4 is 0 Å². The smallest absolute Gasteiger partial charge is 0.334 e. The Balaban J connectivity index is 2.14. The van der Waals surface area contributed by atoms with E-state index in [0.29, 0.717) is 6.42 Å². The topological polar surface area (TPSA) is 80.7 Å². The summed E-state index contributed by atoms with van der Waals surface area (Å²) in [6, 6.07) is 9.99. The summed E-state index contributed by atoms with van der Waals surface area (Å²) < 4.78 is 4.73. The zero-order valence-corrected chi connectivity index (χ0v) is 12.4. The lowest BCUT2D eigenvalue weighted by Crippen LogP contribution is -2.16. The Morgan fingerprint density at radius 1 is 1.09 bits per heavy atom. The minimum Gasteiger partial charge on any atom is -0.481 e. The Morgan fingerprint density at radius 2 is 1.77 bits per heavy atom. The maximum absolute atomic E-state index is 11.6. The van der Waals surface area contributed by atoms with Crippen LogP contribution in [0.5, 0.6) is 0 Å². The van der Waals surface area contributed by atoms with E-state index in [1.54, 1.807) is 0 Å². The van der Waals surface area contributed by atoms with Gasteiger partial charge >= 0.3 is 11.9 Å². The molecule has 0 unspecified atom stereocenters. The van der Waals surface area contributed by atoms with E-state index < -0.39 is 18.4 Å². The summed E-state index contributed by atoms with van der Waals surface area (Å²) in [5, 5.41) is 8.51. The van der Waals surface area contributed by atoms with Crippen LogP contribution in [0.2, 0.25) is 0 Å². The van der Waals surface area contributed by atoms with Crippen LogP contribution in [0.25, 0.3) is 0 Å². The molecule has 0 bridgehead atoms. The first-order chi connectivity index (χ1) is 10.5. The number of aliphatic carboxylic acids is 1. The summed E-state index contributed by atoms with van der Waals surface area (Å²) in [5.41, 5.74) is 1.07. The van der Waals surface area contributed by atoms with Gasteiger partial charge in [-0.15, -0.1) is 0 Å². The third kappa shape index (κ3) is 7.38. The molecule has 0 aromatic heterocycles. The van der Waals surface area contributed by atoms with Crippen LogP contribution in [0.15, 0.2) is 42.5 Å². The van der Waals surface area contributed by atoms with Gasteiger partial charge in [0.15, 0.2) is 5.78 Å². The first-order valence-corrected chi connectivity index (χ1v) is 7.11. The van der Waals surface area contributed by atoms with Crippen molar-refractivity contribution in [2.24, 2.45) is 0 Å². The van der Waals surface area contributed by atoms with Crippen LogP contribution in [0, 0.1) is 0 Å². The zero-order chi connectivity index (χ0) is 16.4. The Kier molecular flexibility index (Phi) is 7.61. The highest BCUT2D eigenvalue weighted by molar-refractivity contribution is 5.94. The molecule has 1 aromatic carbocycles. The Labute approximate surface area is 129 Å². The molecule has 118 valence electrons. The van der Waals surface area contributed by atoms with Crippen LogP contribution in [0.4, 0.5) is 0 Å². The van der Waals surface area contributed by atoms with E-state index in [4.69, 9.17) is 9.84 Å². The molecule has 0 aliphatic carbocycles. The molecule has 5 heteroatoms. The minimum absolute atomic E-state index is 0.163. The van der Waals surface area contributed by atoms with E-state index in [2.05, 4.69) is 6.58 Å². The van der Waals surface area contributed by atoms with Gasteiger partial charge in [0, 0.05) is 12.0 Å². The number of aryl methyl sites for hydroxylation is 1. The quantitative estimate of drug-likeness (QED) is 0.408. The van der Waals surface area contributed by atoms with E-state index in [1.807, 2.05) is 30.3 Å². The van der Waals surface area contributed by atoms with E-state index >= 15 is 0 Å². The van der Waals surface area contributed by atoms with E-state index in [1.165, 1.54) is 5.56 Å². The number of benzene rings is 1. The largest absolute Gasteiger partial charge is 0.481 e. The maximum atomic E-state index is 11.6. The van der Waals surface area contributed by atoms with E-state index in [-0.39, 0.29) is 18.0 Å². The average Bonchev–Trinajstić information content (AvgIpc) is 2.49. The fourth-order valence-corrected chi connectivity index (χ4v) is 1.87. The van der Waals surface area contributed by atoms with E-state index in [0.717, 1.165) is 19.3 Å². The SMILES string of the molecule is C=C(CC(=O)O)C(=O)OCC(=O)CCCCc1ccccc1. The van der Waals surface area contributed by atoms with Crippen molar-refractivity contribution in [1.82, 2.24) is 0 Å². The molecule has 5 nitrogen and oxygen atoms in total. The van der Waals surface area contributed by atoms with Crippen molar-refractivity contribution in [2.45, 2.75) is 32.1 Å². The van der Waals surface area contributed by atoms with Crippen molar-refractivity contribution in [3.05, 3.63) is 48.0 Å². The molecule has 0 aliphatic rings. The number of hydrogen-bond donors (Lipinski definition) is 1. The molecule has 0 fully saturated rings. The molecule has 0 atom stereocenters. The van der Waals surface area contributed by atoms with Gasteiger partial charge in [0.1, 0.15) is 6.61 Å². The highest BCUT2D eigenvalue weighted by atomic mass is 16.5. The van der Waals surface area contributed by atoms with Crippen molar-refractivity contribution >= 4 is 17.7 Å². The van der Waals surface area contributed by atoms with Crippen LogP contribution >= 0.6 is 0 Å². The van der Waals surface area contributed by atoms with Crippen LogP contribution in [-0.4, -0.2) is 29.4 Å².